The van der Waals surface area contributed by atoms with E-state index < -0.39 is 9.85 Å². The van der Waals surface area contributed by atoms with E-state index >= 15 is 0 Å². The molecule has 3 aromatic rings. The SMILES string of the molecule is NCCc1nc2ccc([N+](=O)[O-])cn2c1-c1cccc([N+](=O)[O-])c1. The van der Waals surface area contributed by atoms with Crippen LogP contribution in [0.4, 0.5) is 11.4 Å². The third-order valence-electron chi connectivity index (χ3n) is 3.60. The van der Waals surface area contributed by atoms with Gasteiger partial charge >= 0.3 is 0 Å². The first-order valence-electron chi connectivity index (χ1n) is 7.11. The van der Waals surface area contributed by atoms with Crippen molar-refractivity contribution in [3.63, 3.8) is 0 Å². The van der Waals surface area contributed by atoms with Crippen molar-refractivity contribution in [1.29, 1.82) is 0 Å². The molecule has 2 aromatic heterocycles. The molecule has 0 aliphatic heterocycles. The highest BCUT2D eigenvalue weighted by Gasteiger charge is 2.18. The molecule has 0 bridgehead atoms. The standard InChI is InChI=1S/C15H13N5O4/c16-7-6-13-15(10-2-1-3-11(8-10)19(21)22)18-9-12(20(23)24)4-5-14(18)17-13/h1-5,8-9H,6-7,16H2. The first kappa shape index (κ1) is 15.6. The lowest BCUT2D eigenvalue weighted by molar-refractivity contribution is -0.385. The first-order chi connectivity index (χ1) is 11.5. The molecule has 0 fully saturated rings. The second kappa shape index (κ2) is 6.05. The maximum atomic E-state index is 11.0. The lowest BCUT2D eigenvalue weighted by Crippen LogP contribution is -2.04. The third kappa shape index (κ3) is 2.68. The summed E-state index contributed by atoms with van der Waals surface area (Å²) in [5.74, 6) is 0. The lowest BCUT2D eigenvalue weighted by atomic mass is 10.1. The number of non-ortho nitro benzene ring substituents is 1. The predicted octanol–water partition coefficient (Wildman–Crippen LogP) is 2.32. The fraction of sp³-hybridized carbons (Fsp3) is 0.133. The fourth-order valence-electron chi connectivity index (χ4n) is 2.57. The molecule has 3 rings (SSSR count). The Morgan fingerprint density at radius 3 is 2.50 bits per heavy atom. The molecule has 0 amide bonds. The minimum Gasteiger partial charge on any atom is -0.330 e. The van der Waals surface area contributed by atoms with Crippen LogP contribution in [0, 0.1) is 20.2 Å². The molecule has 0 saturated heterocycles. The van der Waals surface area contributed by atoms with Gasteiger partial charge in [-0.1, -0.05) is 12.1 Å². The molecule has 2 N–H and O–H groups in total. The van der Waals surface area contributed by atoms with E-state index in [2.05, 4.69) is 4.98 Å². The van der Waals surface area contributed by atoms with Crippen molar-refractivity contribution in [2.45, 2.75) is 6.42 Å². The molecule has 0 saturated carbocycles. The molecule has 0 aliphatic rings. The Balaban J connectivity index is 2.29. The van der Waals surface area contributed by atoms with Gasteiger partial charge in [0.1, 0.15) is 5.65 Å². The van der Waals surface area contributed by atoms with Crippen LogP contribution in [-0.2, 0) is 6.42 Å². The van der Waals surface area contributed by atoms with Crippen LogP contribution in [-0.4, -0.2) is 25.8 Å². The molecule has 0 atom stereocenters. The summed E-state index contributed by atoms with van der Waals surface area (Å²) in [5.41, 5.74) is 7.75. The highest BCUT2D eigenvalue weighted by molar-refractivity contribution is 5.70. The van der Waals surface area contributed by atoms with Crippen molar-refractivity contribution in [1.82, 2.24) is 9.38 Å². The van der Waals surface area contributed by atoms with Crippen LogP contribution in [0.15, 0.2) is 42.6 Å². The predicted molar refractivity (Wildman–Crippen MR) is 86.7 cm³/mol. The van der Waals surface area contributed by atoms with E-state index in [1.807, 2.05) is 0 Å². The Morgan fingerprint density at radius 2 is 1.83 bits per heavy atom. The molecule has 122 valence electrons. The molecule has 9 heteroatoms. The summed E-state index contributed by atoms with van der Waals surface area (Å²) in [6.07, 6.45) is 1.81. The molecular weight excluding hydrogens is 314 g/mol. The summed E-state index contributed by atoms with van der Waals surface area (Å²) < 4.78 is 1.57. The highest BCUT2D eigenvalue weighted by atomic mass is 16.6. The van der Waals surface area contributed by atoms with Gasteiger partial charge in [0.25, 0.3) is 11.4 Å². The number of benzene rings is 1. The van der Waals surface area contributed by atoms with Crippen LogP contribution in [0.25, 0.3) is 16.9 Å². The van der Waals surface area contributed by atoms with Gasteiger partial charge in [-0.05, 0) is 12.6 Å². The van der Waals surface area contributed by atoms with Gasteiger partial charge in [-0.3, -0.25) is 24.6 Å². The number of nitrogens with zero attached hydrogens (tertiary/aromatic N) is 4. The van der Waals surface area contributed by atoms with Gasteiger partial charge in [0, 0.05) is 30.2 Å². The minimum atomic E-state index is -0.501. The average Bonchev–Trinajstić information content (AvgIpc) is 2.92. The fourth-order valence-corrected chi connectivity index (χ4v) is 2.57. The van der Waals surface area contributed by atoms with Crippen molar-refractivity contribution in [2.75, 3.05) is 6.54 Å². The number of pyridine rings is 1. The Bertz CT molecular complexity index is 950. The normalized spacial score (nSPS) is 10.9. The van der Waals surface area contributed by atoms with Crippen LogP contribution >= 0.6 is 0 Å². The molecule has 0 unspecified atom stereocenters. The molecule has 0 aliphatic carbocycles. The van der Waals surface area contributed by atoms with E-state index in [4.69, 9.17) is 5.73 Å². The molecule has 2 heterocycles. The summed E-state index contributed by atoms with van der Waals surface area (Å²) >= 11 is 0. The Morgan fingerprint density at radius 1 is 1.08 bits per heavy atom. The molecule has 9 nitrogen and oxygen atoms in total. The zero-order valence-electron chi connectivity index (χ0n) is 12.5. The molecule has 1 aromatic carbocycles. The summed E-state index contributed by atoms with van der Waals surface area (Å²) in [4.78, 5) is 25.5. The molecule has 0 spiro atoms. The number of nitro groups is 2. The van der Waals surface area contributed by atoms with Gasteiger partial charge in [0.05, 0.1) is 27.4 Å². The lowest BCUT2D eigenvalue weighted by Gasteiger charge is -2.05. The zero-order chi connectivity index (χ0) is 17.3. The van der Waals surface area contributed by atoms with Crippen molar-refractivity contribution in [3.8, 4) is 11.3 Å². The monoisotopic (exact) mass is 327 g/mol. The Kier molecular flexibility index (Phi) is 3.92. The second-order valence-corrected chi connectivity index (χ2v) is 5.13. The largest absolute Gasteiger partial charge is 0.330 e. The first-order valence-corrected chi connectivity index (χ1v) is 7.11. The van der Waals surface area contributed by atoms with Gasteiger partial charge in [-0.2, -0.15) is 0 Å². The smallest absolute Gasteiger partial charge is 0.286 e. The van der Waals surface area contributed by atoms with Gasteiger partial charge in [0.15, 0.2) is 0 Å². The molecule has 24 heavy (non-hydrogen) atoms. The van der Waals surface area contributed by atoms with Crippen LogP contribution in [0.5, 0.6) is 0 Å². The van der Waals surface area contributed by atoms with Crippen LogP contribution in [0.2, 0.25) is 0 Å². The van der Waals surface area contributed by atoms with Crippen LogP contribution in [0.3, 0.4) is 0 Å². The zero-order valence-corrected chi connectivity index (χ0v) is 12.5. The van der Waals surface area contributed by atoms with Gasteiger partial charge < -0.3 is 5.73 Å². The molecule has 0 radical (unpaired) electrons. The van der Waals surface area contributed by atoms with E-state index in [-0.39, 0.29) is 11.4 Å². The maximum Gasteiger partial charge on any atom is 0.286 e. The molecular formula is C15H13N5O4. The van der Waals surface area contributed by atoms with Crippen molar-refractivity contribution >= 4 is 17.0 Å². The van der Waals surface area contributed by atoms with Crippen LogP contribution < -0.4 is 5.73 Å². The number of nitro benzene ring substituents is 1. The summed E-state index contributed by atoms with van der Waals surface area (Å²) in [6, 6.07) is 8.98. The number of hydrogen-bond acceptors (Lipinski definition) is 6. The van der Waals surface area contributed by atoms with E-state index in [1.54, 1.807) is 22.6 Å². The topological polar surface area (TPSA) is 130 Å². The average molecular weight is 327 g/mol. The second-order valence-electron chi connectivity index (χ2n) is 5.13. The van der Waals surface area contributed by atoms with Gasteiger partial charge in [-0.15, -0.1) is 0 Å². The van der Waals surface area contributed by atoms with E-state index in [0.29, 0.717) is 35.6 Å². The van der Waals surface area contributed by atoms with E-state index in [1.165, 1.54) is 24.4 Å². The summed E-state index contributed by atoms with van der Waals surface area (Å²) in [6.45, 7) is 0.341. The van der Waals surface area contributed by atoms with Gasteiger partial charge in [0.2, 0.25) is 0 Å². The quantitative estimate of drug-likeness (QED) is 0.565. The maximum absolute atomic E-state index is 11.0. The number of nitrogens with two attached hydrogens (primary N) is 1. The number of imidazole rings is 1. The summed E-state index contributed by atoms with van der Waals surface area (Å²) in [7, 11) is 0. The number of aromatic nitrogens is 2. The highest BCUT2D eigenvalue weighted by Crippen LogP contribution is 2.29. The summed E-state index contributed by atoms with van der Waals surface area (Å²) in [5, 5.41) is 22.0. The minimum absolute atomic E-state index is 0.0634. The van der Waals surface area contributed by atoms with Crippen molar-refractivity contribution in [2.24, 2.45) is 5.73 Å². The number of hydrogen-bond donors (Lipinski definition) is 1. The van der Waals surface area contributed by atoms with E-state index in [9.17, 15) is 20.2 Å². The number of fused-ring (bicyclic) bond motifs is 1. The van der Waals surface area contributed by atoms with Crippen molar-refractivity contribution in [3.05, 3.63) is 68.5 Å². The Labute approximate surface area is 135 Å². The van der Waals surface area contributed by atoms with Crippen molar-refractivity contribution < 1.29 is 9.85 Å². The van der Waals surface area contributed by atoms with Gasteiger partial charge in [-0.25, -0.2) is 4.98 Å². The number of rotatable bonds is 5. The third-order valence-corrected chi connectivity index (χ3v) is 3.60. The van der Waals surface area contributed by atoms with E-state index in [0.717, 1.165) is 0 Å². The Hall–Kier alpha value is -3.33. The van der Waals surface area contributed by atoms with Crippen LogP contribution in [0.1, 0.15) is 5.69 Å².